The molecule has 0 saturated heterocycles. The Bertz CT molecular complexity index is 1010. The molecule has 1 aliphatic carbocycles. The Morgan fingerprint density at radius 1 is 1.36 bits per heavy atom. The topological polar surface area (TPSA) is 59.4 Å². The molecule has 0 fully saturated rings. The zero-order valence-corrected chi connectivity index (χ0v) is 17.6. The van der Waals surface area contributed by atoms with E-state index < -0.39 is 0 Å². The molecule has 6 heteroatoms. The standard InChI is InChI=1S/C22H27N3O2S/c1-14-9-10-17-18(13-14)28-22-19(17)21(26)23-20(24-22)15(2)25(3)11-12-27-16-7-5-4-6-8-16/h4-8,14-15H,9-13H2,1-3H3,(H,23,24,26)/p+1/t14-,15-/m0/s1. The van der Waals surface area contributed by atoms with Crippen LogP contribution in [0, 0.1) is 5.92 Å². The molecule has 3 aromatic rings. The van der Waals surface area contributed by atoms with Crippen LogP contribution >= 0.6 is 11.3 Å². The Morgan fingerprint density at radius 3 is 2.93 bits per heavy atom. The lowest BCUT2D eigenvalue weighted by molar-refractivity contribution is -0.910. The molecular formula is C22H28N3O2S+. The number of aryl methyl sites for hydroxylation is 1. The van der Waals surface area contributed by atoms with Crippen molar-refractivity contribution < 1.29 is 9.64 Å². The average molecular weight is 399 g/mol. The van der Waals surface area contributed by atoms with Gasteiger partial charge in [-0.25, -0.2) is 4.98 Å². The van der Waals surface area contributed by atoms with Crippen molar-refractivity contribution in [1.82, 2.24) is 9.97 Å². The highest BCUT2D eigenvalue weighted by atomic mass is 32.1. The van der Waals surface area contributed by atoms with Gasteiger partial charge in [0.1, 0.15) is 29.8 Å². The fraction of sp³-hybridized carbons (Fsp3) is 0.455. The van der Waals surface area contributed by atoms with Gasteiger partial charge in [-0.15, -0.1) is 11.3 Å². The Morgan fingerprint density at radius 2 is 2.14 bits per heavy atom. The lowest BCUT2D eigenvalue weighted by atomic mass is 9.89. The van der Waals surface area contributed by atoms with Crippen molar-refractivity contribution in [1.29, 1.82) is 0 Å². The zero-order valence-electron chi connectivity index (χ0n) is 16.7. The Kier molecular flexibility index (Phi) is 5.51. The van der Waals surface area contributed by atoms with E-state index >= 15 is 0 Å². The molecule has 2 N–H and O–H groups in total. The number of hydrogen-bond acceptors (Lipinski definition) is 4. The summed E-state index contributed by atoms with van der Waals surface area (Å²) in [5, 5.41) is 0.827. The van der Waals surface area contributed by atoms with Crippen molar-refractivity contribution in [2.24, 2.45) is 5.92 Å². The Labute approximate surface area is 169 Å². The summed E-state index contributed by atoms with van der Waals surface area (Å²) < 4.78 is 5.81. The number of nitrogens with zero attached hydrogens (tertiary/aromatic N) is 1. The van der Waals surface area contributed by atoms with Crippen molar-refractivity contribution in [3.8, 4) is 5.75 Å². The molecule has 5 nitrogen and oxygen atoms in total. The maximum absolute atomic E-state index is 12.8. The van der Waals surface area contributed by atoms with Crippen molar-refractivity contribution in [2.75, 3.05) is 20.2 Å². The van der Waals surface area contributed by atoms with Crippen LogP contribution in [0.2, 0.25) is 0 Å². The third-order valence-electron chi connectivity index (χ3n) is 5.84. The summed E-state index contributed by atoms with van der Waals surface area (Å²) in [6.45, 7) is 5.85. The van der Waals surface area contributed by atoms with Crippen molar-refractivity contribution in [3.05, 3.63) is 57.0 Å². The van der Waals surface area contributed by atoms with Crippen LogP contribution in [0.5, 0.6) is 5.75 Å². The molecule has 4 rings (SSSR count). The molecule has 3 atom stereocenters. The van der Waals surface area contributed by atoms with Crippen LogP contribution in [-0.4, -0.2) is 30.2 Å². The van der Waals surface area contributed by atoms with E-state index in [0.717, 1.165) is 47.6 Å². The number of aromatic amines is 1. The van der Waals surface area contributed by atoms with E-state index in [4.69, 9.17) is 9.72 Å². The van der Waals surface area contributed by atoms with Crippen molar-refractivity contribution in [3.63, 3.8) is 0 Å². The second-order valence-electron chi connectivity index (χ2n) is 7.96. The smallest absolute Gasteiger partial charge is 0.260 e. The average Bonchev–Trinajstić information content (AvgIpc) is 3.05. The van der Waals surface area contributed by atoms with E-state index in [1.807, 2.05) is 30.3 Å². The van der Waals surface area contributed by atoms with Crippen LogP contribution in [-0.2, 0) is 12.8 Å². The molecule has 148 valence electrons. The zero-order chi connectivity index (χ0) is 19.7. The van der Waals surface area contributed by atoms with Gasteiger partial charge in [-0.3, -0.25) is 4.79 Å². The minimum Gasteiger partial charge on any atom is -0.488 e. The van der Waals surface area contributed by atoms with Gasteiger partial charge in [-0.1, -0.05) is 25.1 Å². The normalized spacial score (nSPS) is 18.6. The summed E-state index contributed by atoms with van der Waals surface area (Å²) in [6.07, 6.45) is 3.23. The van der Waals surface area contributed by atoms with Crippen molar-refractivity contribution >= 4 is 21.6 Å². The van der Waals surface area contributed by atoms with E-state index in [1.165, 1.54) is 15.3 Å². The van der Waals surface area contributed by atoms with E-state index in [-0.39, 0.29) is 11.6 Å². The van der Waals surface area contributed by atoms with Gasteiger partial charge in [0.25, 0.3) is 5.56 Å². The number of H-pyrrole nitrogens is 1. The van der Waals surface area contributed by atoms with Crippen LogP contribution in [0.1, 0.15) is 42.6 Å². The second-order valence-corrected chi connectivity index (χ2v) is 9.05. The molecular weight excluding hydrogens is 370 g/mol. The molecule has 0 radical (unpaired) electrons. The highest BCUT2D eigenvalue weighted by Crippen LogP contribution is 2.35. The maximum atomic E-state index is 12.8. The molecule has 2 heterocycles. The van der Waals surface area contributed by atoms with E-state index in [2.05, 4.69) is 25.9 Å². The minimum atomic E-state index is 0.0206. The molecule has 1 aliphatic rings. The molecule has 0 saturated carbocycles. The Balaban J connectivity index is 1.49. The number of thiophene rings is 1. The van der Waals surface area contributed by atoms with Crippen LogP contribution < -0.4 is 15.2 Å². The van der Waals surface area contributed by atoms with Gasteiger partial charge in [-0.05, 0) is 49.8 Å². The van der Waals surface area contributed by atoms with Gasteiger partial charge >= 0.3 is 0 Å². The Hall–Kier alpha value is -2.18. The maximum Gasteiger partial charge on any atom is 0.260 e. The number of benzene rings is 1. The van der Waals surface area contributed by atoms with Crippen LogP contribution in [0.3, 0.4) is 0 Å². The number of hydrogen-bond donors (Lipinski definition) is 2. The number of rotatable bonds is 6. The number of likely N-dealkylation sites (N-methyl/N-ethyl adjacent to an activating group) is 1. The van der Waals surface area contributed by atoms with Crippen LogP contribution in [0.25, 0.3) is 10.2 Å². The van der Waals surface area contributed by atoms with Gasteiger partial charge in [0.2, 0.25) is 0 Å². The molecule has 0 spiro atoms. The summed E-state index contributed by atoms with van der Waals surface area (Å²) in [7, 11) is 2.12. The van der Waals surface area contributed by atoms with E-state index in [1.54, 1.807) is 11.3 Å². The number of quaternary nitrogens is 1. The van der Waals surface area contributed by atoms with Gasteiger partial charge in [0, 0.05) is 4.88 Å². The fourth-order valence-corrected chi connectivity index (χ4v) is 5.26. The summed E-state index contributed by atoms with van der Waals surface area (Å²) in [5.74, 6) is 2.34. The predicted molar refractivity (Wildman–Crippen MR) is 114 cm³/mol. The monoisotopic (exact) mass is 398 g/mol. The van der Waals surface area contributed by atoms with Gasteiger partial charge in [-0.2, -0.15) is 0 Å². The highest BCUT2D eigenvalue weighted by molar-refractivity contribution is 7.18. The number of ether oxygens (including phenoxy) is 1. The van der Waals surface area contributed by atoms with Gasteiger partial charge < -0.3 is 14.6 Å². The predicted octanol–water partition coefficient (Wildman–Crippen LogP) is 2.76. The summed E-state index contributed by atoms with van der Waals surface area (Å²) in [6, 6.07) is 9.94. The van der Waals surface area contributed by atoms with Gasteiger partial charge in [0.15, 0.2) is 5.82 Å². The number of fused-ring (bicyclic) bond motifs is 3. The number of nitrogens with one attached hydrogen (secondary N) is 2. The van der Waals surface area contributed by atoms with Crippen LogP contribution in [0.15, 0.2) is 35.1 Å². The number of para-hydroxylation sites is 1. The third kappa shape index (κ3) is 3.84. The first-order chi connectivity index (χ1) is 13.5. The first-order valence-corrected chi connectivity index (χ1v) is 10.9. The van der Waals surface area contributed by atoms with E-state index in [0.29, 0.717) is 12.5 Å². The quantitative estimate of drug-likeness (QED) is 0.671. The molecule has 2 aromatic heterocycles. The minimum absolute atomic E-state index is 0.0206. The third-order valence-corrected chi connectivity index (χ3v) is 6.99. The van der Waals surface area contributed by atoms with Gasteiger partial charge in [0.05, 0.1) is 12.4 Å². The molecule has 1 aromatic carbocycles. The fourth-order valence-electron chi connectivity index (χ4n) is 3.87. The molecule has 28 heavy (non-hydrogen) atoms. The second kappa shape index (κ2) is 8.05. The molecule has 0 aliphatic heterocycles. The first kappa shape index (κ1) is 19.2. The summed E-state index contributed by atoms with van der Waals surface area (Å²) in [5.41, 5.74) is 1.26. The molecule has 0 bridgehead atoms. The molecule has 1 unspecified atom stereocenters. The van der Waals surface area contributed by atoms with Crippen LogP contribution in [0.4, 0.5) is 0 Å². The summed E-state index contributed by atoms with van der Waals surface area (Å²) in [4.78, 5) is 24.3. The van der Waals surface area contributed by atoms with Crippen molar-refractivity contribution in [2.45, 2.75) is 39.2 Å². The first-order valence-electron chi connectivity index (χ1n) is 10.1. The highest BCUT2D eigenvalue weighted by Gasteiger charge is 2.25. The lowest BCUT2D eigenvalue weighted by Gasteiger charge is -2.21. The van der Waals surface area contributed by atoms with E-state index in [9.17, 15) is 4.79 Å². The lowest BCUT2D eigenvalue weighted by Crippen LogP contribution is -3.09. The SMILES string of the molecule is C[C@H]1CCc2c(sc3nc([C@H](C)[NH+](C)CCOc4ccccc4)[nH]c(=O)c23)C1. The summed E-state index contributed by atoms with van der Waals surface area (Å²) >= 11 is 1.71. The largest absolute Gasteiger partial charge is 0.488 e. The molecule has 0 amide bonds. The number of aromatic nitrogens is 2.